The van der Waals surface area contributed by atoms with Gasteiger partial charge in [0, 0.05) is 70.2 Å². The van der Waals surface area contributed by atoms with Crippen molar-refractivity contribution in [1.29, 1.82) is 0 Å². The normalized spacial score (nSPS) is 16.6. The molecule has 0 saturated heterocycles. The number of benzene rings is 4. The number of anilines is 4. The van der Waals surface area contributed by atoms with E-state index in [0.29, 0.717) is 0 Å². The molecule has 0 bridgehead atoms. The monoisotopic (exact) mass is 760 g/mol. The molecule has 0 unspecified atom stereocenters. The van der Waals surface area contributed by atoms with Crippen LogP contribution in [0.5, 0.6) is 0 Å². The Labute approximate surface area is 348 Å². The fraction of sp³-hybridized carbons (Fsp3) is 0.316. The van der Waals surface area contributed by atoms with Crippen molar-refractivity contribution in [2.45, 2.75) is 85.8 Å². The second-order valence-corrected chi connectivity index (χ2v) is 16.3. The van der Waals surface area contributed by atoms with Crippen molar-refractivity contribution < 1.29 is 35.5 Å². The molecule has 0 aliphatic heterocycles. The molecule has 52 heavy (non-hydrogen) atoms. The molecule has 3 aliphatic carbocycles. The summed E-state index contributed by atoms with van der Waals surface area (Å²) in [5.41, 5.74) is 2.11. The summed E-state index contributed by atoms with van der Waals surface area (Å²) in [6.45, 7) is 0. The van der Waals surface area contributed by atoms with Crippen LogP contribution in [0, 0.1) is 0 Å². The van der Waals surface area contributed by atoms with Crippen molar-refractivity contribution >= 4 is 114 Å². The molecule has 4 N–H and O–H groups in total. The maximum absolute atomic E-state index is 14.1. The fourth-order valence-electron chi connectivity index (χ4n) is 7.81. The average Bonchev–Trinajstić information content (AvgIpc) is 3.11. The smallest absolute Gasteiger partial charge is 0.296 e. The predicted molar refractivity (Wildman–Crippen MR) is 202 cm³/mol. The summed E-state index contributed by atoms with van der Waals surface area (Å²) in [4.78, 5) is 27.6. The number of fused-ring (bicyclic) bond motifs is 2. The van der Waals surface area contributed by atoms with Crippen molar-refractivity contribution in [2.24, 2.45) is 0 Å². The van der Waals surface area contributed by atoms with Crippen LogP contribution in [-0.2, 0) is 20.2 Å². The van der Waals surface area contributed by atoms with Gasteiger partial charge in [0.1, 0.15) is 9.79 Å². The van der Waals surface area contributed by atoms with Gasteiger partial charge in [-0.3, -0.25) is 18.7 Å². The molecule has 2 saturated carbocycles. The van der Waals surface area contributed by atoms with Gasteiger partial charge in [0.05, 0.1) is 33.9 Å². The molecule has 0 atom stereocenters. The Balaban J connectivity index is 0.00000261. The zero-order valence-corrected chi connectivity index (χ0v) is 34.9. The molecule has 0 aromatic heterocycles. The van der Waals surface area contributed by atoms with E-state index in [1.54, 1.807) is 24.3 Å². The number of carbonyl (C=O) groups excluding carboxylic acids is 2. The van der Waals surface area contributed by atoms with Crippen LogP contribution in [0.3, 0.4) is 0 Å². The molecule has 7 rings (SSSR count). The third-order valence-electron chi connectivity index (χ3n) is 10.3. The van der Waals surface area contributed by atoms with E-state index in [1.807, 2.05) is 12.1 Å². The minimum absolute atomic E-state index is 0. The van der Waals surface area contributed by atoms with E-state index in [-0.39, 0.29) is 126 Å². The van der Waals surface area contributed by atoms with Gasteiger partial charge in [-0.1, -0.05) is 74.9 Å². The first-order valence-corrected chi connectivity index (χ1v) is 19.9. The van der Waals surface area contributed by atoms with Crippen LogP contribution < -0.4 is 10.6 Å². The van der Waals surface area contributed by atoms with Crippen molar-refractivity contribution in [2.75, 3.05) is 10.6 Å². The zero-order chi connectivity index (χ0) is 35.2. The van der Waals surface area contributed by atoms with Crippen molar-refractivity contribution in [3.05, 3.63) is 106 Å². The summed E-state index contributed by atoms with van der Waals surface area (Å²) in [7, 11) is -9.39. The molecule has 2 radical (unpaired) electrons. The van der Waals surface area contributed by atoms with Crippen LogP contribution in [0.1, 0.15) is 119 Å². The van der Waals surface area contributed by atoms with Crippen molar-refractivity contribution in [3.63, 3.8) is 0 Å². The predicted octanol–water partition coefficient (Wildman–Crippen LogP) is 7.78. The topological polar surface area (TPSA) is 167 Å². The SMILES string of the molecule is O=C1c2ccccc2C(=O)c2c(Nc3ccc(C4CCCCC4)cc3S(=O)(=O)O)ccc(Nc3ccc(C4CCCCC4)cc3S(=O)(=O)O)c21.[Na].[Na]. The van der Waals surface area contributed by atoms with Gasteiger partial charge in [0.15, 0.2) is 11.6 Å². The van der Waals surface area contributed by atoms with Crippen LogP contribution in [0.25, 0.3) is 0 Å². The molecular weight excluding hydrogens is 723 g/mol. The first kappa shape index (κ1) is 40.8. The maximum atomic E-state index is 14.1. The van der Waals surface area contributed by atoms with Crippen molar-refractivity contribution in [3.8, 4) is 0 Å². The Morgan fingerprint density at radius 2 is 0.846 bits per heavy atom. The van der Waals surface area contributed by atoms with E-state index in [0.717, 1.165) is 75.3 Å². The van der Waals surface area contributed by atoms with Crippen LogP contribution in [0.2, 0.25) is 0 Å². The molecule has 262 valence electrons. The second-order valence-electron chi connectivity index (χ2n) is 13.5. The van der Waals surface area contributed by atoms with Gasteiger partial charge in [0.2, 0.25) is 0 Å². The van der Waals surface area contributed by atoms with E-state index in [1.165, 1.54) is 36.4 Å². The van der Waals surface area contributed by atoms with Gasteiger partial charge < -0.3 is 10.6 Å². The fourth-order valence-corrected chi connectivity index (χ4v) is 9.18. The minimum atomic E-state index is -4.70. The van der Waals surface area contributed by atoms with Gasteiger partial charge in [-0.05, 0) is 85.0 Å². The molecule has 14 heteroatoms. The largest absolute Gasteiger partial charge is 0.354 e. The first-order chi connectivity index (χ1) is 23.9. The second kappa shape index (κ2) is 16.6. The number of carbonyl (C=O) groups is 2. The van der Waals surface area contributed by atoms with Gasteiger partial charge in [-0.2, -0.15) is 16.8 Å². The Morgan fingerprint density at radius 1 is 0.500 bits per heavy atom. The molecule has 0 heterocycles. The van der Waals surface area contributed by atoms with Gasteiger partial charge in [-0.25, -0.2) is 0 Å². The summed E-state index contributed by atoms with van der Waals surface area (Å²) in [6, 6.07) is 19.0. The van der Waals surface area contributed by atoms with E-state index >= 15 is 0 Å². The van der Waals surface area contributed by atoms with Crippen LogP contribution in [0.4, 0.5) is 22.7 Å². The number of nitrogens with one attached hydrogen (secondary N) is 2. The van der Waals surface area contributed by atoms with E-state index in [9.17, 15) is 35.5 Å². The van der Waals surface area contributed by atoms with Crippen LogP contribution >= 0.6 is 0 Å². The summed E-state index contributed by atoms with van der Waals surface area (Å²) in [6.07, 6.45) is 10.0. The molecule has 0 spiro atoms. The molecule has 3 aliphatic rings. The molecule has 2 fully saturated rings. The summed E-state index contributed by atoms with van der Waals surface area (Å²) in [5.74, 6) is -0.680. The third-order valence-corrected chi connectivity index (χ3v) is 12.1. The van der Waals surface area contributed by atoms with Gasteiger partial charge >= 0.3 is 0 Å². The molecular formula is C38H38N2Na2O8S2. The first-order valence-electron chi connectivity index (χ1n) is 17.0. The summed E-state index contributed by atoms with van der Waals surface area (Å²) >= 11 is 0. The Morgan fingerprint density at radius 3 is 1.19 bits per heavy atom. The van der Waals surface area contributed by atoms with Crippen LogP contribution in [-0.4, -0.2) is 96.6 Å². The van der Waals surface area contributed by atoms with Gasteiger partial charge in [0.25, 0.3) is 20.2 Å². The number of hydrogen-bond acceptors (Lipinski definition) is 8. The third kappa shape index (κ3) is 8.31. The Hall–Kier alpha value is -2.36. The molecule has 4 aromatic rings. The molecule has 4 aromatic carbocycles. The molecule has 0 amide bonds. The van der Waals surface area contributed by atoms with E-state index < -0.39 is 31.8 Å². The van der Waals surface area contributed by atoms with E-state index in [2.05, 4.69) is 10.6 Å². The van der Waals surface area contributed by atoms with E-state index in [4.69, 9.17) is 0 Å². The molecule has 10 nitrogen and oxygen atoms in total. The minimum Gasteiger partial charge on any atom is -0.354 e. The standard InChI is InChI=1S/C38H38N2O8S2.2Na/c41-37-27-13-7-8-14-28(27)38(42)36-32(40-30-18-16-26(22-34(30)50(46,47)48)24-11-5-2-6-12-24)20-19-31(35(36)37)39-29-17-15-25(21-33(29)49(43,44)45)23-9-3-1-4-10-23;;/h7-8,13-24,39-40H,1-6,9-12H2,(H,43,44,45)(H,46,47,48);;. The quantitative estimate of drug-likeness (QED) is 0.0906. The zero-order valence-electron chi connectivity index (χ0n) is 29.3. The number of hydrogen-bond donors (Lipinski definition) is 4. The van der Waals surface area contributed by atoms with Crippen molar-refractivity contribution in [1.82, 2.24) is 0 Å². The number of ketones is 2. The Kier molecular flexibility index (Phi) is 13.0. The summed E-state index contributed by atoms with van der Waals surface area (Å²) < 4.78 is 71.2. The summed E-state index contributed by atoms with van der Waals surface area (Å²) in [5, 5.41) is 6.03. The van der Waals surface area contributed by atoms with Crippen LogP contribution in [0.15, 0.2) is 82.6 Å². The van der Waals surface area contributed by atoms with Gasteiger partial charge in [-0.15, -0.1) is 0 Å². The maximum Gasteiger partial charge on any atom is 0.296 e. The average molecular weight is 761 g/mol. The number of rotatable bonds is 8. The Bertz CT molecular complexity index is 2090.